The smallest absolute Gasteiger partial charge is 0.234 e. The van der Waals surface area contributed by atoms with Gasteiger partial charge in [-0.05, 0) is 44.5 Å². The van der Waals surface area contributed by atoms with E-state index >= 15 is 0 Å². The van der Waals surface area contributed by atoms with E-state index < -0.39 is 0 Å². The summed E-state index contributed by atoms with van der Waals surface area (Å²) in [5.41, 5.74) is 4.10. The van der Waals surface area contributed by atoms with E-state index in [2.05, 4.69) is 57.4 Å². The van der Waals surface area contributed by atoms with Gasteiger partial charge in [-0.25, -0.2) is 0 Å². The van der Waals surface area contributed by atoms with Gasteiger partial charge in [0.05, 0.1) is 5.75 Å². The number of rotatable bonds is 6. The van der Waals surface area contributed by atoms with E-state index in [9.17, 15) is 4.79 Å². The molecule has 3 aromatic rings. The highest BCUT2D eigenvalue weighted by Crippen LogP contribution is 2.25. The molecule has 0 spiro atoms. The zero-order valence-electron chi connectivity index (χ0n) is 15.5. The molecule has 0 aliphatic carbocycles. The van der Waals surface area contributed by atoms with Crippen LogP contribution >= 0.6 is 27.7 Å². The average molecular weight is 445 g/mol. The minimum Gasteiger partial charge on any atom is -0.325 e. The van der Waals surface area contributed by atoms with Crippen molar-refractivity contribution in [3.63, 3.8) is 0 Å². The first kappa shape index (κ1) is 19.6. The van der Waals surface area contributed by atoms with Crippen molar-refractivity contribution in [2.45, 2.75) is 32.5 Å². The zero-order valence-corrected chi connectivity index (χ0v) is 17.9. The van der Waals surface area contributed by atoms with Crippen LogP contribution in [-0.4, -0.2) is 26.4 Å². The number of anilines is 1. The number of benzene rings is 2. The molecular weight excluding hydrogens is 424 g/mol. The van der Waals surface area contributed by atoms with Crippen LogP contribution in [0.4, 0.5) is 5.69 Å². The van der Waals surface area contributed by atoms with Crippen molar-refractivity contribution in [3.05, 3.63) is 58.1 Å². The topological polar surface area (TPSA) is 59.8 Å². The first-order valence-electron chi connectivity index (χ1n) is 8.67. The third-order valence-electron chi connectivity index (χ3n) is 4.12. The maximum absolute atomic E-state index is 12.3. The molecule has 0 bridgehead atoms. The van der Waals surface area contributed by atoms with Crippen LogP contribution in [-0.2, 0) is 11.3 Å². The minimum atomic E-state index is -0.0655. The van der Waals surface area contributed by atoms with Gasteiger partial charge in [0.2, 0.25) is 5.91 Å². The van der Waals surface area contributed by atoms with Crippen molar-refractivity contribution in [2.75, 3.05) is 11.1 Å². The second-order valence-electron chi connectivity index (χ2n) is 6.22. The minimum absolute atomic E-state index is 0.0655. The molecule has 2 aromatic carbocycles. The largest absolute Gasteiger partial charge is 0.325 e. The highest BCUT2D eigenvalue weighted by atomic mass is 79.9. The molecule has 3 rings (SSSR count). The summed E-state index contributed by atoms with van der Waals surface area (Å²) < 4.78 is 3.06. The summed E-state index contributed by atoms with van der Waals surface area (Å²) in [5, 5.41) is 12.3. The molecule has 0 radical (unpaired) electrons. The Hall–Kier alpha value is -2.12. The number of aromatic nitrogens is 3. The molecule has 7 heteroatoms. The van der Waals surface area contributed by atoms with E-state index in [0.29, 0.717) is 0 Å². The fourth-order valence-electron chi connectivity index (χ4n) is 2.65. The van der Waals surface area contributed by atoms with E-state index in [1.165, 1.54) is 17.3 Å². The molecular formula is C20H21BrN4OS. The van der Waals surface area contributed by atoms with Gasteiger partial charge in [0, 0.05) is 22.3 Å². The summed E-state index contributed by atoms with van der Waals surface area (Å²) in [7, 11) is 0. The van der Waals surface area contributed by atoms with Crippen molar-refractivity contribution >= 4 is 39.3 Å². The zero-order chi connectivity index (χ0) is 19.4. The molecule has 1 heterocycles. The Morgan fingerprint density at radius 1 is 1.15 bits per heavy atom. The summed E-state index contributed by atoms with van der Waals surface area (Å²) in [6, 6.07) is 14.0. The van der Waals surface area contributed by atoms with Crippen LogP contribution in [0.25, 0.3) is 11.4 Å². The number of hydrogen-bond donors (Lipinski definition) is 1. The van der Waals surface area contributed by atoms with Crippen LogP contribution in [0.2, 0.25) is 0 Å². The lowest BCUT2D eigenvalue weighted by atomic mass is 10.1. The summed E-state index contributed by atoms with van der Waals surface area (Å²) in [4.78, 5) is 12.3. The van der Waals surface area contributed by atoms with Crippen molar-refractivity contribution in [3.8, 4) is 11.4 Å². The van der Waals surface area contributed by atoms with Crippen LogP contribution in [0.5, 0.6) is 0 Å². The van der Waals surface area contributed by atoms with Crippen LogP contribution in [0.1, 0.15) is 18.1 Å². The predicted molar refractivity (Wildman–Crippen MR) is 114 cm³/mol. The number of thioether (sulfide) groups is 1. The molecule has 0 atom stereocenters. The van der Waals surface area contributed by atoms with Crippen LogP contribution in [0, 0.1) is 13.8 Å². The Morgan fingerprint density at radius 2 is 1.89 bits per heavy atom. The van der Waals surface area contributed by atoms with Crippen molar-refractivity contribution in [1.82, 2.24) is 14.8 Å². The molecule has 0 aliphatic heterocycles. The molecule has 0 saturated heterocycles. The number of amides is 1. The number of hydrogen-bond acceptors (Lipinski definition) is 4. The summed E-state index contributed by atoms with van der Waals surface area (Å²) in [5.74, 6) is 1.04. The maximum Gasteiger partial charge on any atom is 0.234 e. The second-order valence-corrected chi connectivity index (χ2v) is 8.01. The lowest BCUT2D eigenvalue weighted by Crippen LogP contribution is -2.14. The Morgan fingerprint density at radius 3 is 2.56 bits per heavy atom. The standard InChI is InChI=1S/C20H21BrN4OS/c1-4-25-19(15-7-5-13(2)6-8-15)23-24-20(25)27-12-18(26)22-16-9-10-17(21)14(3)11-16/h5-11H,4,12H2,1-3H3,(H,22,26). The van der Waals surface area contributed by atoms with Gasteiger partial charge in [0.1, 0.15) is 0 Å². The molecule has 0 aliphatic rings. The maximum atomic E-state index is 12.3. The number of nitrogens with zero attached hydrogens (tertiary/aromatic N) is 3. The molecule has 1 amide bonds. The van der Waals surface area contributed by atoms with Crippen LogP contribution < -0.4 is 5.32 Å². The Bertz CT molecular complexity index is 953. The third-order valence-corrected chi connectivity index (χ3v) is 5.97. The average Bonchev–Trinajstić information content (AvgIpc) is 3.06. The first-order chi connectivity index (χ1) is 13.0. The van der Waals surface area contributed by atoms with Gasteiger partial charge in [0.25, 0.3) is 0 Å². The molecule has 140 valence electrons. The van der Waals surface area contributed by atoms with Gasteiger partial charge in [0.15, 0.2) is 11.0 Å². The lowest BCUT2D eigenvalue weighted by Gasteiger charge is -2.09. The van der Waals surface area contributed by atoms with E-state index in [0.717, 1.165) is 38.8 Å². The van der Waals surface area contributed by atoms with E-state index in [-0.39, 0.29) is 11.7 Å². The summed E-state index contributed by atoms with van der Waals surface area (Å²) in [6.07, 6.45) is 0. The number of nitrogens with one attached hydrogen (secondary N) is 1. The SMILES string of the molecule is CCn1c(SCC(=O)Nc2ccc(Br)c(C)c2)nnc1-c1ccc(C)cc1. The van der Waals surface area contributed by atoms with Gasteiger partial charge in [-0.1, -0.05) is 57.5 Å². The van der Waals surface area contributed by atoms with E-state index in [1.54, 1.807) is 0 Å². The molecule has 0 unspecified atom stereocenters. The van der Waals surface area contributed by atoms with Gasteiger partial charge >= 0.3 is 0 Å². The second kappa shape index (κ2) is 8.71. The van der Waals surface area contributed by atoms with Gasteiger partial charge < -0.3 is 9.88 Å². The number of carbonyl (C=O) groups is 1. The monoisotopic (exact) mass is 444 g/mol. The van der Waals surface area contributed by atoms with Crippen LogP contribution in [0.15, 0.2) is 52.1 Å². The van der Waals surface area contributed by atoms with Gasteiger partial charge in [-0.2, -0.15) is 0 Å². The third kappa shape index (κ3) is 4.78. The molecule has 5 nitrogen and oxygen atoms in total. The lowest BCUT2D eigenvalue weighted by molar-refractivity contribution is -0.113. The Labute approximate surface area is 171 Å². The number of aryl methyl sites for hydroxylation is 2. The highest BCUT2D eigenvalue weighted by Gasteiger charge is 2.14. The van der Waals surface area contributed by atoms with E-state index in [1.807, 2.05) is 41.8 Å². The van der Waals surface area contributed by atoms with Crippen molar-refractivity contribution in [2.24, 2.45) is 0 Å². The number of halogens is 1. The summed E-state index contributed by atoms with van der Waals surface area (Å²) in [6.45, 7) is 6.84. The molecule has 27 heavy (non-hydrogen) atoms. The normalized spacial score (nSPS) is 10.8. The predicted octanol–water partition coefficient (Wildman–Crippen LogP) is 5.08. The quantitative estimate of drug-likeness (QED) is 0.538. The molecule has 1 N–H and O–H groups in total. The Kier molecular flexibility index (Phi) is 6.34. The highest BCUT2D eigenvalue weighted by molar-refractivity contribution is 9.10. The first-order valence-corrected chi connectivity index (χ1v) is 10.4. The van der Waals surface area contributed by atoms with Crippen molar-refractivity contribution < 1.29 is 4.79 Å². The van der Waals surface area contributed by atoms with Gasteiger partial charge in [-0.3, -0.25) is 4.79 Å². The molecule has 0 fully saturated rings. The fraction of sp³-hybridized carbons (Fsp3) is 0.250. The van der Waals surface area contributed by atoms with Crippen molar-refractivity contribution in [1.29, 1.82) is 0 Å². The number of carbonyl (C=O) groups excluding carboxylic acids is 1. The van der Waals surface area contributed by atoms with Gasteiger partial charge in [-0.15, -0.1) is 10.2 Å². The van der Waals surface area contributed by atoms with E-state index in [4.69, 9.17) is 0 Å². The molecule has 0 saturated carbocycles. The summed E-state index contributed by atoms with van der Waals surface area (Å²) >= 11 is 4.86. The molecule has 1 aromatic heterocycles. The Balaban J connectivity index is 1.68. The van der Waals surface area contributed by atoms with Crippen LogP contribution in [0.3, 0.4) is 0 Å². The fourth-order valence-corrected chi connectivity index (χ4v) is 3.70.